The van der Waals surface area contributed by atoms with Crippen molar-refractivity contribution in [1.82, 2.24) is 5.32 Å². The highest BCUT2D eigenvalue weighted by molar-refractivity contribution is 5.95. The third kappa shape index (κ3) is 3.98. The van der Waals surface area contributed by atoms with Gasteiger partial charge in [-0.25, -0.2) is 0 Å². The fourth-order valence-corrected chi connectivity index (χ4v) is 2.06. The molecule has 1 rings (SSSR count). The SMILES string of the molecule is CCC(CC)(CC(=O)OC)NC(=O)c1cccc(N)c1. The maximum atomic E-state index is 12.3. The van der Waals surface area contributed by atoms with E-state index in [2.05, 4.69) is 5.32 Å². The van der Waals surface area contributed by atoms with Gasteiger partial charge in [-0.1, -0.05) is 19.9 Å². The summed E-state index contributed by atoms with van der Waals surface area (Å²) in [4.78, 5) is 23.8. The highest BCUT2D eigenvalue weighted by Crippen LogP contribution is 2.21. The second-order valence-electron chi connectivity index (χ2n) is 4.82. The van der Waals surface area contributed by atoms with Gasteiger partial charge in [0.15, 0.2) is 0 Å². The zero-order valence-corrected chi connectivity index (χ0v) is 12.2. The lowest BCUT2D eigenvalue weighted by Gasteiger charge is -2.32. The molecule has 110 valence electrons. The van der Waals surface area contributed by atoms with Crippen LogP contribution in [0.5, 0.6) is 0 Å². The van der Waals surface area contributed by atoms with Crippen molar-refractivity contribution in [3.63, 3.8) is 0 Å². The summed E-state index contributed by atoms with van der Waals surface area (Å²) in [5.74, 6) is -0.563. The summed E-state index contributed by atoms with van der Waals surface area (Å²) in [6, 6.07) is 6.76. The Kier molecular flexibility index (Phi) is 5.55. The minimum atomic E-state index is -0.589. The van der Waals surface area contributed by atoms with E-state index in [1.54, 1.807) is 24.3 Å². The molecule has 0 aliphatic heterocycles. The molecule has 0 heterocycles. The first-order chi connectivity index (χ1) is 9.46. The van der Waals surface area contributed by atoms with E-state index in [4.69, 9.17) is 10.5 Å². The molecule has 0 aromatic heterocycles. The van der Waals surface area contributed by atoms with Crippen LogP contribution in [0.2, 0.25) is 0 Å². The van der Waals surface area contributed by atoms with Crippen LogP contribution in [-0.2, 0) is 9.53 Å². The molecule has 0 saturated carbocycles. The standard InChI is InChI=1S/C15H22N2O3/c1-4-15(5-2,10-13(18)20-3)17-14(19)11-7-6-8-12(16)9-11/h6-9H,4-5,10,16H2,1-3H3,(H,17,19). The first kappa shape index (κ1) is 16.0. The number of anilines is 1. The van der Waals surface area contributed by atoms with E-state index in [1.807, 2.05) is 13.8 Å². The summed E-state index contributed by atoms with van der Waals surface area (Å²) in [6.07, 6.45) is 1.45. The number of ether oxygens (including phenoxy) is 1. The van der Waals surface area contributed by atoms with Crippen LogP contribution in [0.1, 0.15) is 43.5 Å². The van der Waals surface area contributed by atoms with Gasteiger partial charge < -0.3 is 15.8 Å². The summed E-state index contributed by atoms with van der Waals surface area (Å²) in [5, 5.41) is 2.94. The van der Waals surface area contributed by atoms with Gasteiger partial charge >= 0.3 is 5.97 Å². The minimum Gasteiger partial charge on any atom is -0.469 e. The summed E-state index contributed by atoms with van der Waals surface area (Å²) < 4.78 is 4.71. The lowest BCUT2D eigenvalue weighted by Crippen LogP contribution is -2.49. The Morgan fingerprint density at radius 1 is 1.30 bits per heavy atom. The van der Waals surface area contributed by atoms with Gasteiger partial charge in [-0.2, -0.15) is 0 Å². The van der Waals surface area contributed by atoms with Crippen LogP contribution in [-0.4, -0.2) is 24.5 Å². The van der Waals surface area contributed by atoms with Gasteiger partial charge in [0.1, 0.15) is 0 Å². The topological polar surface area (TPSA) is 81.4 Å². The number of hydrogen-bond acceptors (Lipinski definition) is 4. The van der Waals surface area contributed by atoms with Crippen LogP contribution in [0.25, 0.3) is 0 Å². The molecule has 0 aliphatic carbocycles. The second-order valence-corrected chi connectivity index (χ2v) is 4.82. The molecule has 0 radical (unpaired) electrons. The van der Waals surface area contributed by atoms with Crippen LogP contribution in [0.3, 0.4) is 0 Å². The Morgan fingerprint density at radius 3 is 2.45 bits per heavy atom. The molecule has 1 aromatic carbocycles. The number of nitrogens with two attached hydrogens (primary N) is 1. The zero-order chi connectivity index (χ0) is 15.2. The molecule has 3 N–H and O–H groups in total. The number of hydrogen-bond donors (Lipinski definition) is 2. The number of nitrogens with one attached hydrogen (secondary N) is 1. The Labute approximate surface area is 119 Å². The number of benzene rings is 1. The van der Waals surface area contributed by atoms with Crippen LogP contribution in [0, 0.1) is 0 Å². The number of carbonyl (C=O) groups is 2. The van der Waals surface area contributed by atoms with E-state index < -0.39 is 5.54 Å². The van der Waals surface area contributed by atoms with Crippen molar-refractivity contribution < 1.29 is 14.3 Å². The molecule has 5 nitrogen and oxygen atoms in total. The molecule has 0 unspecified atom stereocenters. The van der Waals surface area contributed by atoms with Gasteiger partial charge in [-0.15, -0.1) is 0 Å². The lowest BCUT2D eigenvalue weighted by atomic mass is 9.88. The van der Waals surface area contributed by atoms with Crippen molar-refractivity contribution in [2.75, 3.05) is 12.8 Å². The van der Waals surface area contributed by atoms with Crippen LogP contribution < -0.4 is 11.1 Å². The summed E-state index contributed by atoms with van der Waals surface area (Å²) >= 11 is 0. The van der Waals surface area contributed by atoms with Gasteiger partial charge in [-0.05, 0) is 31.0 Å². The predicted molar refractivity (Wildman–Crippen MR) is 78.3 cm³/mol. The zero-order valence-electron chi connectivity index (χ0n) is 12.2. The predicted octanol–water partition coefficient (Wildman–Crippen LogP) is 2.12. The van der Waals surface area contributed by atoms with Crippen LogP contribution in [0.4, 0.5) is 5.69 Å². The Morgan fingerprint density at radius 2 is 1.95 bits per heavy atom. The van der Waals surface area contributed by atoms with Crippen molar-refractivity contribution in [2.45, 2.75) is 38.6 Å². The Bertz CT molecular complexity index is 482. The first-order valence-corrected chi connectivity index (χ1v) is 6.71. The van der Waals surface area contributed by atoms with Crippen molar-refractivity contribution in [2.24, 2.45) is 0 Å². The highest BCUT2D eigenvalue weighted by atomic mass is 16.5. The second kappa shape index (κ2) is 6.93. The molecular formula is C15H22N2O3. The normalized spacial score (nSPS) is 10.9. The van der Waals surface area contributed by atoms with Gasteiger partial charge in [0.25, 0.3) is 5.91 Å². The summed E-state index contributed by atoms with van der Waals surface area (Å²) in [5.41, 5.74) is 6.10. The monoisotopic (exact) mass is 278 g/mol. The van der Waals surface area contributed by atoms with E-state index in [-0.39, 0.29) is 18.3 Å². The molecule has 1 amide bonds. The van der Waals surface area contributed by atoms with Gasteiger partial charge in [0.2, 0.25) is 0 Å². The lowest BCUT2D eigenvalue weighted by molar-refractivity contribution is -0.142. The van der Waals surface area contributed by atoms with E-state index in [0.29, 0.717) is 24.1 Å². The molecule has 1 aromatic rings. The minimum absolute atomic E-state index is 0.157. The third-order valence-electron chi connectivity index (χ3n) is 3.59. The number of esters is 1. The number of nitrogen functional groups attached to an aromatic ring is 1. The van der Waals surface area contributed by atoms with E-state index in [9.17, 15) is 9.59 Å². The smallest absolute Gasteiger partial charge is 0.307 e. The molecule has 5 heteroatoms. The van der Waals surface area contributed by atoms with Crippen molar-refractivity contribution in [3.8, 4) is 0 Å². The van der Waals surface area contributed by atoms with Gasteiger partial charge in [0, 0.05) is 11.3 Å². The van der Waals surface area contributed by atoms with Crippen molar-refractivity contribution in [3.05, 3.63) is 29.8 Å². The fraction of sp³-hybridized carbons (Fsp3) is 0.467. The van der Waals surface area contributed by atoms with Crippen molar-refractivity contribution in [1.29, 1.82) is 0 Å². The fourth-order valence-electron chi connectivity index (χ4n) is 2.06. The average molecular weight is 278 g/mol. The van der Waals surface area contributed by atoms with Crippen molar-refractivity contribution >= 4 is 17.6 Å². The van der Waals surface area contributed by atoms with E-state index in [0.717, 1.165) is 0 Å². The Balaban J connectivity index is 2.90. The summed E-state index contributed by atoms with van der Waals surface area (Å²) in [6.45, 7) is 3.87. The number of amides is 1. The van der Waals surface area contributed by atoms with Gasteiger partial charge in [-0.3, -0.25) is 9.59 Å². The Hall–Kier alpha value is -2.04. The molecule has 0 bridgehead atoms. The molecule has 0 aliphatic rings. The first-order valence-electron chi connectivity index (χ1n) is 6.71. The van der Waals surface area contributed by atoms with Crippen LogP contribution >= 0.6 is 0 Å². The highest BCUT2D eigenvalue weighted by Gasteiger charge is 2.31. The average Bonchev–Trinajstić information content (AvgIpc) is 2.46. The maximum Gasteiger partial charge on any atom is 0.307 e. The number of carbonyl (C=O) groups excluding carboxylic acids is 2. The molecule has 20 heavy (non-hydrogen) atoms. The third-order valence-corrected chi connectivity index (χ3v) is 3.59. The molecule has 0 spiro atoms. The molecule has 0 fully saturated rings. The maximum absolute atomic E-state index is 12.3. The molecular weight excluding hydrogens is 256 g/mol. The van der Waals surface area contributed by atoms with Gasteiger partial charge in [0.05, 0.1) is 19.1 Å². The number of methoxy groups -OCH3 is 1. The van der Waals surface area contributed by atoms with E-state index in [1.165, 1.54) is 7.11 Å². The number of rotatable bonds is 6. The largest absolute Gasteiger partial charge is 0.469 e. The van der Waals surface area contributed by atoms with Crippen LogP contribution in [0.15, 0.2) is 24.3 Å². The molecule has 0 atom stereocenters. The quantitative estimate of drug-likeness (QED) is 0.617. The molecule has 0 saturated heterocycles. The summed E-state index contributed by atoms with van der Waals surface area (Å²) in [7, 11) is 1.35. The van der Waals surface area contributed by atoms with E-state index >= 15 is 0 Å².